The third-order valence-corrected chi connectivity index (χ3v) is 5.97. The van der Waals surface area contributed by atoms with Crippen molar-refractivity contribution in [3.8, 4) is 0 Å². The summed E-state index contributed by atoms with van der Waals surface area (Å²) in [6.07, 6.45) is -0.514. The average Bonchev–Trinajstić information content (AvgIpc) is 3.61. The van der Waals surface area contributed by atoms with Crippen molar-refractivity contribution < 1.29 is 27.5 Å². The van der Waals surface area contributed by atoms with Crippen LogP contribution in [-0.2, 0) is 20.5 Å². The molecular weight excluding hydrogens is 413 g/mol. The van der Waals surface area contributed by atoms with E-state index >= 15 is 0 Å². The number of nitrogens with two attached hydrogens (primary N) is 1. The second-order valence-corrected chi connectivity index (χ2v) is 8.44. The van der Waals surface area contributed by atoms with Crippen molar-refractivity contribution in [2.45, 2.75) is 43.9 Å². The van der Waals surface area contributed by atoms with Crippen LogP contribution in [0.4, 0.5) is 24.5 Å². The fraction of sp³-hybridized carbons (Fsp3) is 0.619. The fourth-order valence-corrected chi connectivity index (χ4v) is 3.98. The van der Waals surface area contributed by atoms with Crippen molar-refractivity contribution in [1.29, 1.82) is 0 Å². The van der Waals surface area contributed by atoms with Gasteiger partial charge in [0, 0.05) is 31.4 Å². The van der Waals surface area contributed by atoms with E-state index in [1.807, 2.05) is 0 Å². The van der Waals surface area contributed by atoms with Gasteiger partial charge in [-0.3, -0.25) is 14.5 Å². The second-order valence-electron chi connectivity index (χ2n) is 8.44. The first-order valence-corrected chi connectivity index (χ1v) is 10.6. The lowest BCUT2D eigenvalue weighted by Gasteiger charge is -2.31. The Labute approximate surface area is 178 Å². The Hall–Kier alpha value is -2.17. The number of amides is 2. The van der Waals surface area contributed by atoms with Crippen LogP contribution in [0.2, 0.25) is 0 Å². The summed E-state index contributed by atoms with van der Waals surface area (Å²) in [5.74, 6) is -0.395. The van der Waals surface area contributed by atoms with Gasteiger partial charge in [0.1, 0.15) is 12.6 Å². The highest BCUT2D eigenvalue weighted by Crippen LogP contribution is 2.39. The van der Waals surface area contributed by atoms with Crippen LogP contribution >= 0.6 is 0 Å². The van der Waals surface area contributed by atoms with Crippen molar-refractivity contribution >= 4 is 23.2 Å². The maximum absolute atomic E-state index is 13.8. The lowest BCUT2D eigenvalue weighted by molar-refractivity contribution is -0.137. The summed E-state index contributed by atoms with van der Waals surface area (Å²) in [5, 5.41) is 2.46. The Bertz CT molecular complexity index is 840. The van der Waals surface area contributed by atoms with E-state index in [-0.39, 0.29) is 43.7 Å². The number of nitrogens with one attached hydrogen (secondary N) is 1. The standard InChI is InChI=1S/C21H27F3N4O3/c22-21(23,24)16-9-15(27-7-8-31-12-19(27)29)5-6-17(16)26-20(30)18(10-25)28(14-3-4-14)11-13-1-2-13/h5-6,9,13-14,18H,1-4,7-8,10-12,25H2,(H,26,30)/t18-/m1/s1. The Balaban J connectivity index is 1.55. The quantitative estimate of drug-likeness (QED) is 0.647. The topological polar surface area (TPSA) is 87.9 Å². The molecule has 1 heterocycles. The molecular formula is C21H27F3N4O3. The third-order valence-electron chi connectivity index (χ3n) is 5.97. The molecule has 31 heavy (non-hydrogen) atoms. The van der Waals surface area contributed by atoms with Crippen LogP contribution in [0.15, 0.2) is 18.2 Å². The molecule has 3 aliphatic rings. The van der Waals surface area contributed by atoms with E-state index in [1.54, 1.807) is 0 Å². The molecule has 2 saturated carbocycles. The van der Waals surface area contributed by atoms with Crippen molar-refractivity contribution in [1.82, 2.24) is 4.90 Å². The van der Waals surface area contributed by atoms with Crippen LogP contribution in [0.1, 0.15) is 31.2 Å². The summed E-state index contributed by atoms with van der Waals surface area (Å²) in [7, 11) is 0. The Morgan fingerprint density at radius 3 is 2.61 bits per heavy atom. The summed E-state index contributed by atoms with van der Waals surface area (Å²) >= 11 is 0. The van der Waals surface area contributed by atoms with Gasteiger partial charge < -0.3 is 20.7 Å². The summed E-state index contributed by atoms with van der Waals surface area (Å²) < 4.78 is 46.4. The Morgan fingerprint density at radius 2 is 2.03 bits per heavy atom. The summed E-state index contributed by atoms with van der Waals surface area (Å²) in [4.78, 5) is 28.3. The van der Waals surface area contributed by atoms with E-state index in [9.17, 15) is 22.8 Å². The molecule has 1 saturated heterocycles. The van der Waals surface area contributed by atoms with Gasteiger partial charge in [-0.05, 0) is 49.8 Å². The normalized spacial score (nSPS) is 20.8. The predicted octanol–water partition coefficient (Wildman–Crippen LogP) is 2.21. The van der Waals surface area contributed by atoms with Crippen LogP contribution in [0.25, 0.3) is 0 Å². The Kier molecular flexibility index (Phi) is 6.23. The molecule has 1 atom stereocenters. The lowest BCUT2D eigenvalue weighted by atomic mass is 10.1. The highest BCUT2D eigenvalue weighted by atomic mass is 19.4. The number of morpholine rings is 1. The number of benzene rings is 1. The van der Waals surface area contributed by atoms with E-state index in [2.05, 4.69) is 10.2 Å². The summed E-state index contributed by atoms with van der Waals surface area (Å²) in [6, 6.07) is 3.12. The van der Waals surface area contributed by atoms with E-state index in [0.717, 1.165) is 38.3 Å². The number of ether oxygens (including phenoxy) is 1. The minimum atomic E-state index is -4.70. The number of rotatable bonds is 8. The Morgan fingerprint density at radius 1 is 1.29 bits per heavy atom. The van der Waals surface area contributed by atoms with Gasteiger partial charge in [-0.25, -0.2) is 0 Å². The van der Waals surface area contributed by atoms with E-state index in [4.69, 9.17) is 10.5 Å². The fourth-order valence-electron chi connectivity index (χ4n) is 3.98. The minimum Gasteiger partial charge on any atom is -0.370 e. The monoisotopic (exact) mass is 440 g/mol. The molecule has 0 unspecified atom stereocenters. The maximum Gasteiger partial charge on any atom is 0.418 e. The van der Waals surface area contributed by atoms with Crippen molar-refractivity contribution in [3.05, 3.63) is 23.8 Å². The molecule has 2 amide bonds. The molecule has 2 aliphatic carbocycles. The van der Waals surface area contributed by atoms with Crippen LogP contribution in [0.5, 0.6) is 0 Å². The molecule has 3 fully saturated rings. The number of alkyl halides is 3. The van der Waals surface area contributed by atoms with Crippen molar-refractivity contribution in [2.24, 2.45) is 11.7 Å². The number of anilines is 2. The van der Waals surface area contributed by atoms with E-state index < -0.39 is 29.6 Å². The molecule has 0 aromatic heterocycles. The molecule has 1 aromatic rings. The highest BCUT2D eigenvalue weighted by molar-refractivity contribution is 5.98. The zero-order valence-corrected chi connectivity index (χ0v) is 17.2. The molecule has 1 aliphatic heterocycles. The van der Waals surface area contributed by atoms with Crippen LogP contribution < -0.4 is 16.0 Å². The van der Waals surface area contributed by atoms with Gasteiger partial charge in [-0.15, -0.1) is 0 Å². The van der Waals surface area contributed by atoms with Crippen molar-refractivity contribution in [2.75, 3.05) is 43.1 Å². The number of carbonyl (C=O) groups is 2. The van der Waals surface area contributed by atoms with Gasteiger partial charge in [0.15, 0.2) is 0 Å². The summed E-state index contributed by atoms with van der Waals surface area (Å²) in [6.45, 7) is 1.05. The first-order valence-electron chi connectivity index (χ1n) is 10.6. The molecule has 0 radical (unpaired) electrons. The molecule has 10 heteroatoms. The van der Waals surface area contributed by atoms with Gasteiger partial charge in [0.05, 0.1) is 17.9 Å². The number of hydrogen-bond acceptors (Lipinski definition) is 5. The zero-order valence-electron chi connectivity index (χ0n) is 17.2. The first kappa shape index (κ1) is 22.0. The maximum atomic E-state index is 13.8. The zero-order chi connectivity index (χ0) is 22.2. The predicted molar refractivity (Wildman–Crippen MR) is 109 cm³/mol. The molecule has 1 aromatic carbocycles. The van der Waals surface area contributed by atoms with E-state index in [1.165, 1.54) is 17.0 Å². The van der Waals surface area contributed by atoms with Gasteiger partial charge >= 0.3 is 6.18 Å². The van der Waals surface area contributed by atoms with Gasteiger partial charge in [-0.1, -0.05) is 0 Å². The van der Waals surface area contributed by atoms with Crippen LogP contribution in [0, 0.1) is 5.92 Å². The molecule has 7 nitrogen and oxygen atoms in total. The van der Waals surface area contributed by atoms with Gasteiger partial charge in [0.2, 0.25) is 5.91 Å². The number of hydrogen-bond donors (Lipinski definition) is 2. The highest BCUT2D eigenvalue weighted by Gasteiger charge is 2.41. The summed E-state index contributed by atoms with van der Waals surface area (Å²) in [5.41, 5.74) is 4.67. The third kappa shape index (κ3) is 5.19. The first-order chi connectivity index (χ1) is 14.8. The van der Waals surface area contributed by atoms with E-state index in [0.29, 0.717) is 5.92 Å². The van der Waals surface area contributed by atoms with Crippen molar-refractivity contribution in [3.63, 3.8) is 0 Å². The number of halogens is 3. The molecule has 4 rings (SSSR count). The average molecular weight is 440 g/mol. The molecule has 3 N–H and O–H groups in total. The molecule has 0 spiro atoms. The SMILES string of the molecule is NC[C@H](C(=O)Nc1ccc(N2CCOCC2=O)cc1C(F)(F)F)N(CC1CC1)C1CC1. The lowest BCUT2D eigenvalue weighted by Crippen LogP contribution is -2.50. The molecule has 0 bridgehead atoms. The van der Waals surface area contributed by atoms with Gasteiger partial charge in [0.25, 0.3) is 5.91 Å². The second kappa shape index (κ2) is 8.76. The molecule has 170 valence electrons. The number of carbonyl (C=O) groups excluding carboxylic acids is 2. The van der Waals surface area contributed by atoms with Gasteiger partial charge in [-0.2, -0.15) is 13.2 Å². The smallest absolute Gasteiger partial charge is 0.370 e. The van der Waals surface area contributed by atoms with Crippen LogP contribution in [-0.4, -0.2) is 61.6 Å². The van der Waals surface area contributed by atoms with Crippen LogP contribution in [0.3, 0.4) is 0 Å². The largest absolute Gasteiger partial charge is 0.418 e. The number of nitrogens with zero attached hydrogens (tertiary/aromatic N) is 2. The minimum absolute atomic E-state index is 0.0385.